The summed E-state index contributed by atoms with van der Waals surface area (Å²) in [7, 11) is 1.69. The maximum atomic E-state index is 13.0. The normalized spacial score (nSPS) is 27.2. The number of halogens is 1. The zero-order valence-electron chi connectivity index (χ0n) is 15.5. The Morgan fingerprint density at radius 2 is 1.84 bits per heavy atom. The van der Waals surface area contributed by atoms with E-state index in [1.165, 1.54) is 11.3 Å². The molecule has 25 heavy (non-hydrogen) atoms. The largest absolute Gasteiger partial charge is 0.335 e. The molecule has 5 heteroatoms. The first-order chi connectivity index (χ1) is 11.6. The molecule has 2 unspecified atom stereocenters. The van der Waals surface area contributed by atoms with Gasteiger partial charge in [0.1, 0.15) is 5.88 Å². The topological polar surface area (TPSA) is 40.6 Å². The molecule has 1 saturated heterocycles. The van der Waals surface area contributed by atoms with E-state index in [1.54, 1.807) is 7.05 Å². The van der Waals surface area contributed by atoms with Gasteiger partial charge in [-0.3, -0.25) is 9.59 Å². The number of hydrogen-bond acceptors (Lipinski definition) is 2. The van der Waals surface area contributed by atoms with Crippen molar-refractivity contribution in [1.82, 2.24) is 4.90 Å². The molecule has 0 spiro atoms. The maximum Gasteiger partial charge on any atom is 0.254 e. The summed E-state index contributed by atoms with van der Waals surface area (Å²) in [4.78, 5) is 28.3. The van der Waals surface area contributed by atoms with Crippen LogP contribution in [0, 0.1) is 10.8 Å². The van der Waals surface area contributed by atoms with Crippen LogP contribution in [-0.4, -0.2) is 42.2 Å². The van der Waals surface area contributed by atoms with E-state index in [1.807, 2.05) is 24.3 Å². The number of carbonyl (C=O) groups excluding carboxylic acids is 2. The van der Waals surface area contributed by atoms with Crippen LogP contribution in [0.3, 0.4) is 0 Å². The number of anilines is 1. The van der Waals surface area contributed by atoms with Gasteiger partial charge in [0.2, 0.25) is 5.91 Å². The molecule has 4 nitrogen and oxygen atoms in total. The number of carbonyl (C=O) groups is 2. The van der Waals surface area contributed by atoms with Gasteiger partial charge < -0.3 is 9.80 Å². The first-order valence-corrected chi connectivity index (χ1v) is 9.41. The first kappa shape index (κ1) is 18.2. The highest BCUT2D eigenvalue weighted by Gasteiger charge is 2.50. The number of likely N-dealkylation sites (tertiary alicyclic amines) is 1. The van der Waals surface area contributed by atoms with Gasteiger partial charge in [0.05, 0.1) is 0 Å². The molecular formula is C20H27ClN2O2. The number of nitrogens with zero attached hydrogens (tertiary/aromatic N) is 2. The summed E-state index contributed by atoms with van der Waals surface area (Å²) >= 11 is 5.60. The molecule has 3 rings (SSSR count). The van der Waals surface area contributed by atoms with Crippen LogP contribution in [0.5, 0.6) is 0 Å². The average molecular weight is 363 g/mol. The highest BCUT2D eigenvalue weighted by atomic mass is 35.5. The summed E-state index contributed by atoms with van der Waals surface area (Å²) in [6.45, 7) is 7.77. The fourth-order valence-corrected chi connectivity index (χ4v) is 5.10. The second-order valence-electron chi connectivity index (χ2n) is 8.78. The van der Waals surface area contributed by atoms with Crippen molar-refractivity contribution in [2.24, 2.45) is 10.8 Å². The summed E-state index contributed by atoms with van der Waals surface area (Å²) in [5, 5.41) is 0. The molecule has 2 amide bonds. The molecule has 2 atom stereocenters. The molecule has 1 aromatic rings. The van der Waals surface area contributed by atoms with E-state index in [4.69, 9.17) is 11.6 Å². The lowest BCUT2D eigenvalue weighted by Crippen LogP contribution is -2.37. The molecule has 1 saturated carbocycles. The minimum absolute atomic E-state index is 0.0546. The van der Waals surface area contributed by atoms with E-state index in [-0.39, 0.29) is 23.1 Å². The van der Waals surface area contributed by atoms with Crippen LogP contribution in [-0.2, 0) is 4.79 Å². The van der Waals surface area contributed by atoms with E-state index in [2.05, 4.69) is 25.7 Å². The molecule has 2 fully saturated rings. The van der Waals surface area contributed by atoms with Crippen LogP contribution in [0.2, 0.25) is 0 Å². The van der Waals surface area contributed by atoms with Crippen LogP contribution in [0.15, 0.2) is 24.3 Å². The number of fused-ring (bicyclic) bond motifs is 2. The van der Waals surface area contributed by atoms with Crippen molar-refractivity contribution in [2.45, 2.75) is 46.1 Å². The summed E-state index contributed by atoms with van der Waals surface area (Å²) in [5.74, 6) is -0.116. The monoisotopic (exact) mass is 362 g/mol. The first-order valence-electron chi connectivity index (χ1n) is 8.88. The van der Waals surface area contributed by atoms with Crippen molar-refractivity contribution in [2.75, 3.05) is 24.4 Å². The number of benzene rings is 1. The quantitative estimate of drug-likeness (QED) is 0.764. The Balaban J connectivity index is 1.77. The van der Waals surface area contributed by atoms with Gasteiger partial charge in [0.25, 0.3) is 5.91 Å². The third-order valence-corrected chi connectivity index (χ3v) is 5.89. The van der Waals surface area contributed by atoms with Gasteiger partial charge in [-0.25, -0.2) is 0 Å². The average Bonchev–Trinajstić information content (AvgIpc) is 2.81. The number of rotatable bonds is 3. The van der Waals surface area contributed by atoms with Crippen LogP contribution in [0.1, 0.15) is 50.4 Å². The molecule has 1 aliphatic carbocycles. The summed E-state index contributed by atoms with van der Waals surface area (Å²) < 4.78 is 0. The molecule has 0 N–H and O–H groups in total. The number of alkyl halides is 1. The highest BCUT2D eigenvalue weighted by Crippen LogP contribution is 2.52. The molecule has 1 heterocycles. The van der Waals surface area contributed by atoms with Crippen molar-refractivity contribution in [3.8, 4) is 0 Å². The van der Waals surface area contributed by atoms with E-state index in [0.717, 1.165) is 25.1 Å². The van der Waals surface area contributed by atoms with Gasteiger partial charge in [-0.05, 0) is 54.4 Å². The minimum Gasteiger partial charge on any atom is -0.335 e. The Labute approximate surface area is 155 Å². The molecular weight excluding hydrogens is 336 g/mol. The summed E-state index contributed by atoms with van der Waals surface area (Å²) in [6, 6.07) is 7.58. The van der Waals surface area contributed by atoms with Crippen LogP contribution in [0.4, 0.5) is 5.69 Å². The molecule has 136 valence electrons. The molecule has 2 aliphatic rings. The Morgan fingerprint density at radius 3 is 2.44 bits per heavy atom. The zero-order chi connectivity index (χ0) is 18.4. The van der Waals surface area contributed by atoms with E-state index >= 15 is 0 Å². The third kappa shape index (κ3) is 3.55. The molecule has 1 aliphatic heterocycles. The highest BCUT2D eigenvalue weighted by molar-refractivity contribution is 6.29. The van der Waals surface area contributed by atoms with Gasteiger partial charge >= 0.3 is 0 Å². The lowest BCUT2D eigenvalue weighted by atomic mass is 9.65. The standard InChI is InChI=1S/C20H27ClN2O2/c1-19(2)9-16-10-20(3,12-19)13-23(16)18(25)14-5-7-15(8-6-14)22(4)17(24)11-21/h5-8,16H,9-13H2,1-4H3. The van der Waals surface area contributed by atoms with Gasteiger partial charge in [0.15, 0.2) is 0 Å². The Morgan fingerprint density at radius 1 is 1.20 bits per heavy atom. The van der Waals surface area contributed by atoms with Crippen molar-refractivity contribution in [1.29, 1.82) is 0 Å². The van der Waals surface area contributed by atoms with Gasteiger partial charge in [-0.2, -0.15) is 0 Å². The maximum absolute atomic E-state index is 13.0. The minimum atomic E-state index is -0.163. The smallest absolute Gasteiger partial charge is 0.254 e. The number of hydrogen-bond donors (Lipinski definition) is 0. The van der Waals surface area contributed by atoms with E-state index in [9.17, 15) is 9.59 Å². The van der Waals surface area contributed by atoms with Crippen LogP contribution >= 0.6 is 11.6 Å². The lowest BCUT2D eigenvalue weighted by Gasteiger charge is -2.39. The molecule has 0 aromatic heterocycles. The van der Waals surface area contributed by atoms with Crippen LogP contribution in [0.25, 0.3) is 0 Å². The van der Waals surface area contributed by atoms with Crippen molar-refractivity contribution in [3.63, 3.8) is 0 Å². The Bertz CT molecular complexity index is 685. The second-order valence-corrected chi connectivity index (χ2v) is 9.05. The fourth-order valence-electron chi connectivity index (χ4n) is 4.92. The van der Waals surface area contributed by atoms with Gasteiger partial charge in [0, 0.05) is 30.9 Å². The fraction of sp³-hybridized carbons (Fsp3) is 0.600. The SMILES string of the molecule is CN(C(=O)CCl)c1ccc(C(=O)N2CC3(C)CC2CC(C)(C)C3)cc1. The van der Waals surface area contributed by atoms with Crippen LogP contribution < -0.4 is 4.90 Å². The van der Waals surface area contributed by atoms with Gasteiger partial charge in [-0.15, -0.1) is 11.6 Å². The van der Waals surface area contributed by atoms with Gasteiger partial charge in [-0.1, -0.05) is 20.8 Å². The molecule has 2 bridgehead atoms. The summed E-state index contributed by atoms with van der Waals surface area (Å²) in [5.41, 5.74) is 1.95. The second kappa shape index (κ2) is 6.31. The van der Waals surface area contributed by atoms with Crippen molar-refractivity contribution >= 4 is 29.1 Å². The van der Waals surface area contributed by atoms with Crippen molar-refractivity contribution < 1.29 is 9.59 Å². The third-order valence-electron chi connectivity index (χ3n) is 5.67. The van der Waals surface area contributed by atoms with Crippen molar-refractivity contribution in [3.05, 3.63) is 29.8 Å². The zero-order valence-corrected chi connectivity index (χ0v) is 16.3. The lowest BCUT2D eigenvalue weighted by molar-refractivity contribution is -0.116. The molecule has 1 aromatic carbocycles. The number of amides is 2. The predicted molar refractivity (Wildman–Crippen MR) is 101 cm³/mol. The Hall–Kier alpha value is -1.55. The van der Waals surface area contributed by atoms with E-state index in [0.29, 0.717) is 17.0 Å². The molecule has 0 radical (unpaired) electrons. The van der Waals surface area contributed by atoms with E-state index < -0.39 is 0 Å². The summed E-state index contributed by atoms with van der Waals surface area (Å²) in [6.07, 6.45) is 3.34. The predicted octanol–water partition coefficient (Wildman–Crippen LogP) is 3.93. The Kier molecular flexibility index (Phi) is 4.61.